The van der Waals surface area contributed by atoms with Gasteiger partial charge in [-0.1, -0.05) is 0 Å². The maximum absolute atomic E-state index is 12.2. The maximum Gasteiger partial charge on any atom is 0.252 e. The largest absolute Gasteiger partial charge is 0.497 e. The summed E-state index contributed by atoms with van der Waals surface area (Å²) >= 11 is 0. The zero-order chi connectivity index (χ0) is 15.4. The van der Waals surface area contributed by atoms with Gasteiger partial charge in [-0.25, -0.2) is 0 Å². The van der Waals surface area contributed by atoms with Gasteiger partial charge in [-0.05, 0) is 25.1 Å². The number of carbonyl (C=O) groups excluding carboxylic acids is 2. The number of nitrogens with one attached hydrogen (secondary N) is 1. The second-order valence-electron chi connectivity index (χ2n) is 4.67. The Hall–Kier alpha value is -2.63. The second-order valence-corrected chi connectivity index (χ2v) is 4.67. The van der Waals surface area contributed by atoms with E-state index in [0.717, 1.165) is 11.1 Å². The van der Waals surface area contributed by atoms with Crippen LogP contribution in [0.4, 0.5) is 0 Å². The van der Waals surface area contributed by atoms with Crippen LogP contribution in [0, 0.1) is 6.92 Å². The molecule has 1 aromatic carbocycles. The molecule has 0 atom stereocenters. The van der Waals surface area contributed by atoms with Crippen LogP contribution in [0.2, 0.25) is 0 Å². The molecule has 0 bridgehead atoms. The molecule has 0 saturated carbocycles. The zero-order valence-electron chi connectivity index (χ0n) is 12.0. The Balaban J connectivity index is 2.34. The number of aryl methyl sites for hydroxylation is 1. The lowest BCUT2D eigenvalue weighted by atomic mass is 10.1. The summed E-state index contributed by atoms with van der Waals surface area (Å²) in [6, 6.07) is 7.07. The van der Waals surface area contributed by atoms with Crippen LogP contribution < -0.4 is 15.8 Å². The van der Waals surface area contributed by atoms with Gasteiger partial charge in [-0.15, -0.1) is 0 Å². The predicted octanol–water partition coefficient (Wildman–Crippen LogP) is 1.16. The molecule has 0 unspecified atom stereocenters. The quantitative estimate of drug-likeness (QED) is 0.862. The number of methoxy groups -OCH3 is 1. The first-order valence-electron chi connectivity index (χ1n) is 6.53. The molecular weight excluding hydrogens is 270 g/mol. The Morgan fingerprint density at radius 2 is 2.10 bits per heavy atom. The number of pyridine rings is 1. The number of fused-ring (bicyclic) bond motifs is 1. The number of hydrogen-bond donors (Lipinski definition) is 2. The molecule has 6 nitrogen and oxygen atoms in total. The standard InChI is InChI=1S/C15H17N3O3/c1-9-7-12(15(20)17-6-5-14(16)19)11-4-3-10(21-2)8-13(11)18-9/h3-4,7-8H,5-6H2,1-2H3,(H2,16,19)(H,17,20). The number of amides is 2. The monoisotopic (exact) mass is 287 g/mol. The average molecular weight is 287 g/mol. The molecular formula is C15H17N3O3. The maximum atomic E-state index is 12.2. The highest BCUT2D eigenvalue weighted by Crippen LogP contribution is 2.23. The van der Waals surface area contributed by atoms with Gasteiger partial charge in [-0.2, -0.15) is 0 Å². The van der Waals surface area contributed by atoms with E-state index in [-0.39, 0.29) is 18.9 Å². The molecule has 0 aliphatic rings. The van der Waals surface area contributed by atoms with Gasteiger partial charge < -0.3 is 15.8 Å². The second kappa shape index (κ2) is 6.21. The Labute approximate surface area is 122 Å². The van der Waals surface area contributed by atoms with Crippen molar-refractivity contribution in [2.75, 3.05) is 13.7 Å². The third kappa shape index (κ3) is 3.47. The molecule has 0 spiro atoms. The van der Waals surface area contributed by atoms with E-state index in [0.29, 0.717) is 16.8 Å². The van der Waals surface area contributed by atoms with Gasteiger partial charge in [-0.3, -0.25) is 14.6 Å². The Morgan fingerprint density at radius 3 is 2.76 bits per heavy atom. The molecule has 0 fully saturated rings. The van der Waals surface area contributed by atoms with Gasteiger partial charge in [0.25, 0.3) is 5.91 Å². The Morgan fingerprint density at radius 1 is 1.33 bits per heavy atom. The van der Waals surface area contributed by atoms with Crippen LogP contribution in [0.5, 0.6) is 5.75 Å². The van der Waals surface area contributed by atoms with Gasteiger partial charge >= 0.3 is 0 Å². The van der Waals surface area contributed by atoms with Gasteiger partial charge in [0.15, 0.2) is 0 Å². The fourth-order valence-electron chi connectivity index (χ4n) is 2.05. The summed E-state index contributed by atoms with van der Waals surface area (Å²) in [7, 11) is 1.58. The Kier molecular flexibility index (Phi) is 4.37. The van der Waals surface area contributed by atoms with Gasteiger partial charge in [0, 0.05) is 30.1 Å². The number of rotatable bonds is 5. The summed E-state index contributed by atoms with van der Waals surface area (Å²) in [5.41, 5.74) is 6.99. The van der Waals surface area contributed by atoms with Crippen LogP contribution in [-0.4, -0.2) is 30.5 Å². The zero-order valence-corrected chi connectivity index (χ0v) is 12.0. The molecule has 6 heteroatoms. The molecule has 1 aromatic heterocycles. The van der Waals surface area contributed by atoms with Crippen LogP contribution in [0.15, 0.2) is 24.3 Å². The Bertz CT molecular complexity index is 698. The van der Waals surface area contributed by atoms with Crippen molar-refractivity contribution < 1.29 is 14.3 Å². The lowest BCUT2D eigenvalue weighted by Gasteiger charge is -2.09. The normalized spacial score (nSPS) is 10.4. The summed E-state index contributed by atoms with van der Waals surface area (Å²) in [6.45, 7) is 2.03. The summed E-state index contributed by atoms with van der Waals surface area (Å²) in [5.74, 6) is -0.0200. The van der Waals surface area contributed by atoms with E-state index < -0.39 is 5.91 Å². The number of benzene rings is 1. The number of primary amides is 1. The fourth-order valence-corrected chi connectivity index (χ4v) is 2.05. The van der Waals surface area contributed by atoms with Crippen molar-refractivity contribution in [3.63, 3.8) is 0 Å². The smallest absolute Gasteiger partial charge is 0.252 e. The lowest BCUT2D eigenvalue weighted by Crippen LogP contribution is -2.28. The van der Waals surface area contributed by atoms with Crippen molar-refractivity contribution in [3.05, 3.63) is 35.5 Å². The number of nitrogens with two attached hydrogens (primary N) is 1. The number of hydrogen-bond acceptors (Lipinski definition) is 4. The van der Waals surface area contributed by atoms with Gasteiger partial charge in [0.05, 0.1) is 18.2 Å². The van der Waals surface area contributed by atoms with E-state index in [1.54, 1.807) is 31.4 Å². The molecule has 3 N–H and O–H groups in total. The highest BCUT2D eigenvalue weighted by atomic mass is 16.5. The molecule has 2 aromatic rings. The first kappa shape index (κ1) is 14.8. The van der Waals surface area contributed by atoms with Crippen LogP contribution >= 0.6 is 0 Å². The first-order valence-corrected chi connectivity index (χ1v) is 6.53. The summed E-state index contributed by atoms with van der Waals surface area (Å²) < 4.78 is 5.16. The van der Waals surface area contributed by atoms with Gasteiger partial charge in [0.2, 0.25) is 5.91 Å². The number of ether oxygens (including phenoxy) is 1. The molecule has 0 aliphatic carbocycles. The molecule has 0 saturated heterocycles. The van der Waals surface area contributed by atoms with Crippen molar-refractivity contribution in [1.82, 2.24) is 10.3 Å². The molecule has 2 amide bonds. The highest BCUT2D eigenvalue weighted by molar-refractivity contribution is 6.06. The fraction of sp³-hybridized carbons (Fsp3) is 0.267. The van der Waals surface area contributed by atoms with E-state index in [4.69, 9.17) is 10.5 Å². The van der Waals surface area contributed by atoms with Crippen LogP contribution in [0.1, 0.15) is 22.5 Å². The number of aromatic nitrogens is 1. The number of nitrogens with zero attached hydrogens (tertiary/aromatic N) is 1. The molecule has 0 radical (unpaired) electrons. The van der Waals surface area contributed by atoms with Gasteiger partial charge in [0.1, 0.15) is 5.75 Å². The van der Waals surface area contributed by atoms with Crippen LogP contribution in [0.3, 0.4) is 0 Å². The molecule has 21 heavy (non-hydrogen) atoms. The van der Waals surface area contributed by atoms with Crippen molar-refractivity contribution in [2.45, 2.75) is 13.3 Å². The van der Waals surface area contributed by atoms with E-state index in [9.17, 15) is 9.59 Å². The minimum absolute atomic E-state index is 0.113. The van der Waals surface area contributed by atoms with Crippen molar-refractivity contribution in [2.24, 2.45) is 5.73 Å². The SMILES string of the molecule is COc1ccc2c(C(=O)NCCC(N)=O)cc(C)nc2c1. The van der Waals surface area contributed by atoms with Crippen LogP contribution in [0.25, 0.3) is 10.9 Å². The highest BCUT2D eigenvalue weighted by Gasteiger charge is 2.12. The lowest BCUT2D eigenvalue weighted by molar-refractivity contribution is -0.117. The number of carbonyl (C=O) groups is 2. The van der Waals surface area contributed by atoms with E-state index in [2.05, 4.69) is 10.3 Å². The topological polar surface area (TPSA) is 94.3 Å². The minimum atomic E-state index is -0.448. The van der Waals surface area contributed by atoms with Crippen LogP contribution in [-0.2, 0) is 4.79 Å². The summed E-state index contributed by atoms with van der Waals surface area (Å²) in [5, 5.41) is 3.41. The summed E-state index contributed by atoms with van der Waals surface area (Å²) in [6.07, 6.45) is 0.113. The molecule has 2 rings (SSSR count). The van der Waals surface area contributed by atoms with E-state index in [1.165, 1.54) is 0 Å². The average Bonchev–Trinajstić information content (AvgIpc) is 2.45. The van der Waals surface area contributed by atoms with E-state index in [1.807, 2.05) is 6.92 Å². The predicted molar refractivity (Wildman–Crippen MR) is 79.2 cm³/mol. The van der Waals surface area contributed by atoms with Crippen molar-refractivity contribution in [3.8, 4) is 5.75 Å². The molecule has 110 valence electrons. The minimum Gasteiger partial charge on any atom is -0.497 e. The van der Waals surface area contributed by atoms with E-state index >= 15 is 0 Å². The first-order chi connectivity index (χ1) is 10.0. The molecule has 0 aliphatic heterocycles. The summed E-state index contributed by atoms with van der Waals surface area (Å²) in [4.78, 5) is 27.3. The third-order valence-corrected chi connectivity index (χ3v) is 3.05. The third-order valence-electron chi connectivity index (χ3n) is 3.05. The molecule has 1 heterocycles. The van der Waals surface area contributed by atoms with Crippen molar-refractivity contribution in [1.29, 1.82) is 0 Å². The van der Waals surface area contributed by atoms with Crippen molar-refractivity contribution >= 4 is 22.7 Å².